The van der Waals surface area contributed by atoms with Crippen molar-refractivity contribution in [3.05, 3.63) is 33.9 Å². The number of benzene rings is 1. The molecule has 12 heteroatoms. The number of carboxylic acids is 1. The Bertz CT molecular complexity index is 682. The Hall–Kier alpha value is -2.49. The van der Waals surface area contributed by atoms with E-state index in [0.717, 1.165) is 4.90 Å². The lowest BCUT2D eigenvalue weighted by Gasteiger charge is -2.20. The second-order valence-electron chi connectivity index (χ2n) is 4.61. The van der Waals surface area contributed by atoms with Crippen LogP contribution in [0.2, 0.25) is 0 Å². The highest BCUT2D eigenvalue weighted by Crippen LogP contribution is 2.62. The van der Waals surface area contributed by atoms with Gasteiger partial charge in [-0.3, -0.25) is 19.4 Å². The molecule has 0 spiro atoms. The number of non-ortho nitro benzene ring substituents is 1. The molecule has 0 radical (unpaired) electrons. The molecule has 1 aliphatic rings. The summed E-state index contributed by atoms with van der Waals surface area (Å²) >= 11 is 0. The molecule has 1 aromatic rings. The maximum atomic E-state index is 10.7. The molecule has 0 amide bonds. The van der Waals surface area contributed by atoms with Crippen molar-refractivity contribution in [2.45, 2.75) is 6.61 Å². The van der Waals surface area contributed by atoms with Gasteiger partial charge in [0.05, 0.1) is 4.92 Å². The fourth-order valence-corrected chi connectivity index (χ4v) is 3.03. The molecule has 1 unspecified atom stereocenters. The molecule has 0 aromatic heterocycles. The summed E-state index contributed by atoms with van der Waals surface area (Å²) in [5.74, 6) is -1.21. The van der Waals surface area contributed by atoms with Crippen molar-refractivity contribution in [1.29, 1.82) is 0 Å². The molecule has 1 heterocycles. The number of nitrogens with zero attached hydrogens (tertiary/aromatic N) is 3. The molecule has 4 N–H and O–H groups in total. The Balaban J connectivity index is 2.19. The van der Waals surface area contributed by atoms with Gasteiger partial charge in [-0.2, -0.15) is 4.89 Å². The van der Waals surface area contributed by atoms with Gasteiger partial charge in [0.1, 0.15) is 13.2 Å². The molecule has 0 saturated heterocycles. The number of hydrogen-bond donors (Lipinski definition) is 3. The number of nitro benzene ring substituents is 1. The van der Waals surface area contributed by atoms with Crippen LogP contribution in [0.15, 0.2) is 23.0 Å². The fourth-order valence-electron chi connectivity index (χ4n) is 1.73. The van der Waals surface area contributed by atoms with Gasteiger partial charge in [-0.15, -0.1) is 4.52 Å². The van der Waals surface area contributed by atoms with Gasteiger partial charge in [0.2, 0.25) is 5.96 Å². The molecule has 1 atom stereocenters. The lowest BCUT2D eigenvalue weighted by Crippen LogP contribution is -2.38. The van der Waals surface area contributed by atoms with Gasteiger partial charge in [0, 0.05) is 29.5 Å². The summed E-state index contributed by atoms with van der Waals surface area (Å²) in [5.41, 5.74) is 5.85. The Morgan fingerprint density at radius 3 is 2.91 bits per heavy atom. The maximum Gasteiger partial charge on any atom is 0.600 e. The van der Waals surface area contributed by atoms with E-state index in [1.54, 1.807) is 0 Å². The van der Waals surface area contributed by atoms with Crippen LogP contribution in [0.5, 0.6) is 5.75 Å². The first-order valence-electron chi connectivity index (χ1n) is 6.22. The average molecular weight is 345 g/mol. The Morgan fingerprint density at radius 1 is 1.61 bits per heavy atom. The lowest BCUT2D eigenvalue weighted by molar-refractivity contribution is -0.385. The van der Waals surface area contributed by atoms with E-state index in [1.165, 1.54) is 25.2 Å². The van der Waals surface area contributed by atoms with E-state index in [1.807, 2.05) is 0 Å². The lowest BCUT2D eigenvalue weighted by atomic mass is 10.2. The third kappa shape index (κ3) is 4.03. The largest absolute Gasteiger partial charge is 0.600 e. The molecule has 23 heavy (non-hydrogen) atoms. The van der Waals surface area contributed by atoms with Crippen LogP contribution in [0, 0.1) is 10.1 Å². The van der Waals surface area contributed by atoms with E-state index < -0.39 is 25.5 Å². The molecule has 2 rings (SSSR count). The van der Waals surface area contributed by atoms with Gasteiger partial charge in [-0.1, -0.05) is 0 Å². The van der Waals surface area contributed by atoms with Crippen LogP contribution < -0.4 is 10.3 Å². The fraction of sp³-hybridized carbons (Fsp3) is 0.273. The monoisotopic (exact) mass is 345 g/mol. The number of carbonyl (C=O) groups is 1. The summed E-state index contributed by atoms with van der Waals surface area (Å²) in [5, 5.41) is 19.4. The van der Waals surface area contributed by atoms with E-state index in [9.17, 15) is 19.8 Å². The van der Waals surface area contributed by atoms with Crippen molar-refractivity contribution >= 4 is 25.7 Å². The summed E-state index contributed by atoms with van der Waals surface area (Å²) < 4.78 is 14.1. The number of aliphatic carboxylic acids is 1. The SMILES string of the molecule is CN(CC(=O)O)C(N)=N[P+]1(O)OCc2cc([N+](=O)[O-])ccc2O1. The number of hydrogen-bond acceptors (Lipinski definition) is 7. The quantitative estimate of drug-likeness (QED) is 0.232. The molecule has 0 aliphatic carbocycles. The number of nitro groups is 1. The highest BCUT2D eigenvalue weighted by Gasteiger charge is 2.49. The van der Waals surface area contributed by atoms with E-state index >= 15 is 0 Å². The zero-order valence-corrected chi connectivity index (χ0v) is 12.8. The number of guanidine groups is 1. The summed E-state index contributed by atoms with van der Waals surface area (Å²) in [6.07, 6.45) is 0. The van der Waals surface area contributed by atoms with Crippen LogP contribution >= 0.6 is 8.09 Å². The number of fused-ring (bicyclic) bond motifs is 1. The van der Waals surface area contributed by atoms with Crippen LogP contribution in [0.1, 0.15) is 5.56 Å². The van der Waals surface area contributed by atoms with Crippen molar-refractivity contribution in [3.63, 3.8) is 0 Å². The summed E-state index contributed by atoms with van der Waals surface area (Å²) in [4.78, 5) is 32.1. The van der Waals surface area contributed by atoms with Crippen LogP contribution in [-0.2, 0) is 15.9 Å². The Kier molecular flexibility index (Phi) is 4.64. The topological polar surface area (TPSA) is 161 Å². The van der Waals surface area contributed by atoms with Gasteiger partial charge in [-0.25, -0.2) is 0 Å². The second-order valence-corrected chi connectivity index (χ2v) is 6.23. The molecular formula is C11H14N4O7P+. The molecule has 0 bridgehead atoms. The molecule has 11 nitrogen and oxygen atoms in total. The Morgan fingerprint density at radius 2 is 2.30 bits per heavy atom. The third-order valence-corrected chi connectivity index (χ3v) is 4.21. The van der Waals surface area contributed by atoms with Crippen molar-refractivity contribution in [2.75, 3.05) is 13.6 Å². The van der Waals surface area contributed by atoms with Crippen LogP contribution in [0.3, 0.4) is 0 Å². The van der Waals surface area contributed by atoms with Crippen molar-refractivity contribution < 1.29 is 28.8 Å². The molecule has 0 fully saturated rings. The zero-order chi connectivity index (χ0) is 17.2. The molecule has 0 saturated carbocycles. The minimum atomic E-state index is -3.73. The third-order valence-electron chi connectivity index (χ3n) is 2.85. The first-order chi connectivity index (χ1) is 10.7. The Labute approximate surface area is 130 Å². The standard InChI is InChI=1S/C11H13N4O7P/c1-14(5-10(16)17)11(12)13-23(20)21-6-7-4-8(15(18)19)2-3-9(7)22-23/h2-4,20H,5-6H2,1H3,(H2-,12,13,16,17)/p+1. The molecule has 1 aromatic carbocycles. The van der Waals surface area contributed by atoms with Crippen LogP contribution in [0.25, 0.3) is 0 Å². The normalized spacial score (nSPS) is 20.3. The second kappa shape index (κ2) is 6.32. The average Bonchev–Trinajstić information content (AvgIpc) is 2.45. The minimum Gasteiger partial charge on any atom is -0.480 e. The molecule has 124 valence electrons. The molecule has 1 aliphatic heterocycles. The van der Waals surface area contributed by atoms with Gasteiger partial charge < -0.3 is 15.7 Å². The summed E-state index contributed by atoms with van der Waals surface area (Å²) in [6, 6.07) is 3.81. The summed E-state index contributed by atoms with van der Waals surface area (Å²) in [6.45, 7) is -0.571. The molecular weight excluding hydrogens is 331 g/mol. The zero-order valence-electron chi connectivity index (χ0n) is 11.9. The highest BCUT2D eigenvalue weighted by molar-refractivity contribution is 7.59. The first kappa shape index (κ1) is 16.9. The van der Waals surface area contributed by atoms with E-state index in [-0.39, 0.29) is 24.0 Å². The van der Waals surface area contributed by atoms with E-state index in [0.29, 0.717) is 5.56 Å². The number of likely N-dealkylation sites (N-methyl/N-ethyl adjacent to an activating group) is 1. The highest BCUT2D eigenvalue weighted by atomic mass is 31.2. The maximum absolute atomic E-state index is 10.7. The van der Waals surface area contributed by atoms with Crippen molar-refractivity contribution in [3.8, 4) is 5.75 Å². The minimum absolute atomic E-state index is 0.135. The number of nitrogens with two attached hydrogens (primary N) is 1. The predicted molar refractivity (Wildman–Crippen MR) is 79.5 cm³/mol. The van der Waals surface area contributed by atoms with Gasteiger partial charge in [0.15, 0.2) is 5.75 Å². The van der Waals surface area contributed by atoms with Gasteiger partial charge >= 0.3 is 14.1 Å². The van der Waals surface area contributed by atoms with Gasteiger partial charge in [-0.05, 0) is 6.07 Å². The van der Waals surface area contributed by atoms with Crippen molar-refractivity contribution in [1.82, 2.24) is 4.90 Å². The van der Waals surface area contributed by atoms with Crippen molar-refractivity contribution in [2.24, 2.45) is 10.5 Å². The predicted octanol–water partition coefficient (Wildman–Crippen LogP) is 0.505. The van der Waals surface area contributed by atoms with E-state index in [2.05, 4.69) is 4.76 Å². The van der Waals surface area contributed by atoms with Crippen LogP contribution in [0.4, 0.5) is 5.69 Å². The first-order valence-corrected chi connectivity index (χ1v) is 7.75. The summed E-state index contributed by atoms with van der Waals surface area (Å²) in [7, 11) is -2.35. The van der Waals surface area contributed by atoms with Crippen LogP contribution in [-0.4, -0.2) is 45.3 Å². The smallest absolute Gasteiger partial charge is 0.480 e. The van der Waals surface area contributed by atoms with Gasteiger partial charge in [0.25, 0.3) is 5.69 Å². The number of carboxylic acid groups (broad SMARTS) is 1. The van der Waals surface area contributed by atoms with E-state index in [4.69, 9.17) is 19.9 Å². The number of rotatable bonds is 4.